The highest BCUT2D eigenvalue weighted by molar-refractivity contribution is 9.10. The average Bonchev–Trinajstić information content (AvgIpc) is 1.59. The summed E-state index contributed by atoms with van der Waals surface area (Å²) in [7, 11) is -0.941. The van der Waals surface area contributed by atoms with Gasteiger partial charge in [0.15, 0.2) is 23.1 Å². The molecule has 96 heavy (non-hydrogen) atoms. The fourth-order valence-electron chi connectivity index (χ4n) is 13.0. The van der Waals surface area contributed by atoms with Crippen molar-refractivity contribution in [3.05, 3.63) is 177 Å². The molecule has 6 heterocycles. The van der Waals surface area contributed by atoms with Crippen molar-refractivity contribution in [1.82, 2.24) is 29.4 Å². The molecule has 0 bridgehead atoms. The minimum atomic E-state index is -1.39. The first kappa shape index (κ1) is 74.7. The molecule has 4 aliphatic heterocycles. The van der Waals surface area contributed by atoms with Crippen molar-refractivity contribution in [2.24, 2.45) is 0 Å². The molecule has 5 aliphatic rings. The number of carbonyl (C=O) groups is 6. The molecule has 1 N–H and O–H groups in total. The Morgan fingerprint density at radius 3 is 1.62 bits per heavy atom. The Hall–Kier alpha value is -7.06. The number of carbonyl (C=O) groups excluding carboxylic acids is 6. The number of Topliss-reactive ketones (excluding diaryl/α,β-unsaturated/α-hetero) is 4. The molecule has 4 atom stereocenters. The molecule has 6 aromatic carbocycles. The highest BCUT2D eigenvalue weighted by atomic mass is 79.9. The predicted octanol–water partition coefficient (Wildman–Crippen LogP) is 12.4. The van der Waals surface area contributed by atoms with E-state index in [2.05, 4.69) is 72.0 Å². The Morgan fingerprint density at radius 1 is 0.615 bits per heavy atom. The van der Waals surface area contributed by atoms with Crippen LogP contribution in [0.3, 0.4) is 0 Å². The van der Waals surface area contributed by atoms with E-state index in [1.807, 2.05) is 45.9 Å². The molecular formula is C71H76BBrClF4N7O8S3. The van der Waals surface area contributed by atoms with Crippen molar-refractivity contribution < 1.29 is 55.6 Å². The number of amides is 2. The van der Waals surface area contributed by atoms with Gasteiger partial charge in [-0.1, -0.05) is 107 Å². The summed E-state index contributed by atoms with van der Waals surface area (Å²) in [5.41, 5.74) is 7.23. The van der Waals surface area contributed by atoms with E-state index < -0.39 is 77.8 Å². The van der Waals surface area contributed by atoms with Crippen LogP contribution in [0.4, 0.5) is 23.2 Å². The van der Waals surface area contributed by atoms with E-state index in [0.29, 0.717) is 32.9 Å². The molecule has 3 saturated heterocycles. The van der Waals surface area contributed by atoms with Gasteiger partial charge in [-0.15, -0.1) is 12.4 Å². The number of nitrogens with zero attached hydrogens (tertiary/aromatic N) is 6. The van der Waals surface area contributed by atoms with Crippen molar-refractivity contribution in [3.63, 3.8) is 0 Å². The van der Waals surface area contributed by atoms with Crippen molar-refractivity contribution >= 4 is 139 Å². The van der Waals surface area contributed by atoms with Crippen molar-refractivity contribution in [2.75, 3.05) is 25.0 Å². The van der Waals surface area contributed by atoms with Crippen LogP contribution in [-0.2, 0) is 96.1 Å². The summed E-state index contributed by atoms with van der Waals surface area (Å²) in [5.74, 6) is -3.47. The first-order chi connectivity index (χ1) is 44.9. The van der Waals surface area contributed by atoms with Gasteiger partial charge in [0, 0.05) is 100 Å². The summed E-state index contributed by atoms with van der Waals surface area (Å²) in [6, 6.07) is 34.1. The zero-order valence-electron chi connectivity index (χ0n) is 54.1. The summed E-state index contributed by atoms with van der Waals surface area (Å²) in [4.78, 5) is 80.0. The number of hydrogen-bond donors (Lipinski definition) is 1. The second-order valence-corrected chi connectivity index (χ2v) is 26.4. The number of ketones is 4. The van der Waals surface area contributed by atoms with Gasteiger partial charge in [0.05, 0.1) is 47.4 Å². The molecule has 0 saturated carbocycles. The number of nitrogens with one attached hydrogen (secondary N) is 1. The molecule has 3 fully saturated rings. The van der Waals surface area contributed by atoms with Gasteiger partial charge in [0.1, 0.15) is 48.5 Å². The van der Waals surface area contributed by atoms with Crippen LogP contribution in [-0.4, -0.2) is 127 Å². The maximum Gasteiger partial charge on any atom is 0.497 e. The van der Waals surface area contributed by atoms with Crippen LogP contribution in [0.1, 0.15) is 122 Å². The number of alkyl halides is 2. The number of halogens is 6. The standard InChI is InChI=1S/C32H30F2N4O3.C29H32BF2N3O5.C10H11Br.ClH.S2.H2S/c1-19(39)32-25-8-2-3-10-27(25)38(36-32)18-30(41)37-17-23(33)16-28(37)29(40)15-22-6-4-9-24(31(22)34)21-12-11-20-7-5-13-35-26(20)14-21;1-17(36)27-20-10-6-7-12-22(20)35(33-27)16-25(38)34-15-19(31)14-23(34)24(37)13-18-9-8-11-21(26(18)32)30-39-28(2,3)29(4,5)40-30;11-10-6-5-8-3-1-2-4-9(8)7-10;;1-2;/h2-4,6,8-12,14,23,28,35H,5,7,13,15-18H2,1H3;6-12,19,23H,13-16H2,1-5H3;5-7H,1-4H2;1H;;1H2/t23-,28+;19-,23+;;;;/m11..../s1. The highest BCUT2D eigenvalue weighted by Crippen LogP contribution is 2.38. The quantitative estimate of drug-likeness (QED) is 0.0619. The first-order valence-electron chi connectivity index (χ1n) is 31.5. The molecule has 0 radical (unpaired) electrons. The number of aromatic nitrogens is 4. The zero-order chi connectivity index (χ0) is 67.3. The van der Waals surface area contributed by atoms with E-state index in [4.69, 9.17) is 9.31 Å². The van der Waals surface area contributed by atoms with Gasteiger partial charge in [-0.25, -0.2) is 17.6 Å². The molecule has 506 valence electrons. The molecule has 25 heteroatoms. The van der Waals surface area contributed by atoms with E-state index in [1.165, 1.54) is 74.8 Å². The molecule has 8 aromatic rings. The van der Waals surface area contributed by atoms with Crippen LogP contribution < -0.4 is 10.8 Å². The predicted molar refractivity (Wildman–Crippen MR) is 381 cm³/mol. The number of aryl methyl sites for hydroxylation is 3. The second kappa shape index (κ2) is 32.1. The minimum Gasteiger partial charge on any atom is -0.399 e. The lowest BCUT2D eigenvalue weighted by Crippen LogP contribution is -2.43. The summed E-state index contributed by atoms with van der Waals surface area (Å²) in [6.07, 6.45) is 3.67. The maximum absolute atomic E-state index is 15.7. The van der Waals surface area contributed by atoms with Gasteiger partial charge < -0.3 is 24.4 Å². The third kappa shape index (κ3) is 16.4. The Labute approximate surface area is 587 Å². The summed E-state index contributed by atoms with van der Waals surface area (Å²) < 4.78 is 76.5. The van der Waals surface area contributed by atoms with Crippen LogP contribution in [0, 0.1) is 11.6 Å². The van der Waals surface area contributed by atoms with E-state index in [9.17, 15) is 37.5 Å². The van der Waals surface area contributed by atoms with Gasteiger partial charge >= 0.3 is 7.12 Å². The van der Waals surface area contributed by atoms with E-state index in [-0.39, 0.29) is 117 Å². The van der Waals surface area contributed by atoms with E-state index in [0.717, 1.165) is 25.1 Å². The molecule has 13 rings (SSSR count). The van der Waals surface area contributed by atoms with Gasteiger partial charge in [-0.3, -0.25) is 38.1 Å². The van der Waals surface area contributed by atoms with Crippen molar-refractivity contribution in [3.8, 4) is 11.1 Å². The van der Waals surface area contributed by atoms with Crippen LogP contribution in [0.2, 0.25) is 0 Å². The Morgan fingerprint density at radius 2 is 1.09 bits per heavy atom. The van der Waals surface area contributed by atoms with Gasteiger partial charge in [-0.2, -0.15) is 23.7 Å². The normalized spacial score (nSPS) is 18.8. The SMILES string of the molecule is Brc1ccc2c(c1)CCCC2.CC(=O)c1nn(CC(=O)N2C[C@H](F)C[C@H]2C(=O)Cc2cccc(-c3ccc4c(c3)NCCC4)c2F)c2ccccc12.CC(=O)c1nn(CC(=O)N2C[C@H](F)C[C@H]2C(=O)Cc2cccc(B3OC(C)(C)C(C)(C)O3)c2F)c2ccccc12.Cl.S.S=S. The molecule has 2 aromatic heterocycles. The van der Waals surface area contributed by atoms with Crippen LogP contribution >= 0.6 is 41.8 Å². The van der Waals surface area contributed by atoms with Crippen molar-refractivity contribution in [1.29, 1.82) is 0 Å². The zero-order valence-corrected chi connectivity index (χ0v) is 59.1. The van der Waals surface area contributed by atoms with Gasteiger partial charge in [0.2, 0.25) is 11.8 Å². The first-order valence-corrected chi connectivity index (χ1v) is 33.6. The summed E-state index contributed by atoms with van der Waals surface area (Å²) in [5, 5.41) is 13.2. The van der Waals surface area contributed by atoms with Crippen molar-refractivity contribution in [2.45, 2.75) is 154 Å². The van der Waals surface area contributed by atoms with Gasteiger partial charge in [-0.05, 0) is 130 Å². The third-order valence-electron chi connectivity index (χ3n) is 18.5. The Bertz CT molecular complexity index is 4220. The number of likely N-dealkylation sites (tertiary alicyclic amines) is 2. The number of fused-ring (bicyclic) bond motifs is 4. The number of rotatable bonds is 14. The Balaban J connectivity index is 0.000000203. The number of benzene rings is 6. The fraction of sp³-hybridized carbons (Fsp3) is 0.380. The number of para-hydroxylation sites is 2. The van der Waals surface area contributed by atoms with E-state index in [1.54, 1.807) is 90.0 Å². The van der Waals surface area contributed by atoms with Crippen LogP contribution in [0.15, 0.2) is 126 Å². The summed E-state index contributed by atoms with van der Waals surface area (Å²) in [6.45, 7) is 10.1. The van der Waals surface area contributed by atoms with Gasteiger partial charge in [0.25, 0.3) is 0 Å². The minimum absolute atomic E-state index is 0. The highest BCUT2D eigenvalue weighted by Gasteiger charge is 2.53. The lowest BCUT2D eigenvalue weighted by Gasteiger charge is -2.32. The molecule has 2 amide bonds. The lowest BCUT2D eigenvalue weighted by atomic mass is 9.77. The monoisotopic (exact) mass is 1450 g/mol. The van der Waals surface area contributed by atoms with Crippen LogP contribution in [0.25, 0.3) is 32.9 Å². The maximum atomic E-state index is 15.7. The number of hydrogen-bond acceptors (Lipinski definition) is 13. The fourth-order valence-corrected chi connectivity index (χ4v) is 13.4. The number of anilines is 1. The molecule has 0 spiro atoms. The third-order valence-corrected chi connectivity index (χ3v) is 19.0. The molecular weight excluding hydrogens is 1380 g/mol. The van der Waals surface area contributed by atoms with E-state index >= 15 is 8.78 Å². The Kier molecular flexibility index (Phi) is 25.0. The van der Waals surface area contributed by atoms with Crippen LogP contribution in [0.5, 0.6) is 0 Å². The largest absolute Gasteiger partial charge is 0.497 e. The molecule has 1 aliphatic carbocycles. The topological polar surface area (TPSA) is 175 Å². The molecule has 15 nitrogen and oxygen atoms in total. The smallest absolute Gasteiger partial charge is 0.399 e. The second-order valence-electron chi connectivity index (χ2n) is 25.4. The molecule has 0 unspecified atom stereocenters. The lowest BCUT2D eigenvalue weighted by molar-refractivity contribution is -0.138. The summed E-state index contributed by atoms with van der Waals surface area (Å²) >= 11 is 10.8. The average molecular weight is 1450 g/mol.